The molecule has 4 aromatic rings. The molecule has 1 aromatic carbocycles. The molecule has 1 aliphatic heterocycles. The van der Waals surface area contributed by atoms with Crippen LogP contribution >= 0.6 is 0 Å². The number of aromatic nitrogens is 4. The largest absolute Gasteiger partial charge is 0.358 e. The SMILES string of the molecule is Cc1[nH]c2ccc(C(=O)N3CCC(n4c(C5CCC5)nc5cccnc54)CC3)cc2c1C. The lowest BCUT2D eigenvalue weighted by Crippen LogP contribution is -2.39. The summed E-state index contributed by atoms with van der Waals surface area (Å²) in [7, 11) is 0. The van der Waals surface area contributed by atoms with Crippen LogP contribution in [0.1, 0.15) is 71.5 Å². The van der Waals surface area contributed by atoms with Crippen LogP contribution in [0.15, 0.2) is 36.5 Å². The first-order valence-electron chi connectivity index (χ1n) is 11.8. The first kappa shape index (κ1) is 19.5. The average Bonchev–Trinajstić information content (AvgIpc) is 3.29. The molecule has 6 heteroatoms. The molecule has 1 saturated carbocycles. The molecule has 32 heavy (non-hydrogen) atoms. The van der Waals surface area contributed by atoms with Gasteiger partial charge in [-0.05, 0) is 75.4 Å². The minimum atomic E-state index is 0.136. The summed E-state index contributed by atoms with van der Waals surface area (Å²) in [6.07, 6.45) is 7.49. The van der Waals surface area contributed by atoms with E-state index in [9.17, 15) is 4.79 Å². The third-order valence-electron chi connectivity index (χ3n) is 7.62. The van der Waals surface area contributed by atoms with Gasteiger partial charge in [0.25, 0.3) is 5.91 Å². The van der Waals surface area contributed by atoms with Gasteiger partial charge in [0.15, 0.2) is 5.65 Å². The fraction of sp³-hybridized carbons (Fsp3) is 0.423. The van der Waals surface area contributed by atoms with E-state index in [0.717, 1.165) is 59.3 Å². The quantitative estimate of drug-likeness (QED) is 0.484. The van der Waals surface area contributed by atoms with Gasteiger partial charge in [-0.2, -0.15) is 0 Å². The zero-order valence-electron chi connectivity index (χ0n) is 18.8. The van der Waals surface area contributed by atoms with Crippen LogP contribution in [0, 0.1) is 13.8 Å². The zero-order valence-corrected chi connectivity index (χ0v) is 18.8. The van der Waals surface area contributed by atoms with Gasteiger partial charge in [0, 0.05) is 53.4 Å². The Kier molecular flexibility index (Phi) is 4.56. The topological polar surface area (TPSA) is 66.8 Å². The van der Waals surface area contributed by atoms with Crippen LogP contribution < -0.4 is 0 Å². The Hall–Kier alpha value is -3.15. The summed E-state index contributed by atoms with van der Waals surface area (Å²) in [6, 6.07) is 10.4. The molecule has 1 aliphatic carbocycles. The van der Waals surface area contributed by atoms with Gasteiger partial charge >= 0.3 is 0 Å². The maximum Gasteiger partial charge on any atom is 0.253 e. The van der Waals surface area contributed by atoms with Gasteiger partial charge in [-0.25, -0.2) is 9.97 Å². The maximum absolute atomic E-state index is 13.3. The normalized spacial score (nSPS) is 17.9. The molecule has 4 heterocycles. The van der Waals surface area contributed by atoms with Gasteiger partial charge in [-0.15, -0.1) is 0 Å². The van der Waals surface area contributed by atoms with Gasteiger partial charge in [0.2, 0.25) is 0 Å². The van der Waals surface area contributed by atoms with Crippen LogP contribution in [0.4, 0.5) is 0 Å². The molecule has 0 unspecified atom stereocenters. The number of imidazole rings is 1. The fourth-order valence-electron chi connectivity index (χ4n) is 5.37. The molecule has 0 atom stereocenters. The number of likely N-dealkylation sites (tertiary alicyclic amines) is 1. The van der Waals surface area contributed by atoms with E-state index < -0.39 is 0 Å². The molecule has 0 spiro atoms. The molecule has 2 aliphatic rings. The molecular weight excluding hydrogens is 398 g/mol. The number of hydrogen-bond donors (Lipinski definition) is 1. The van der Waals surface area contributed by atoms with E-state index in [0.29, 0.717) is 12.0 Å². The summed E-state index contributed by atoms with van der Waals surface area (Å²) in [5.74, 6) is 1.90. The molecule has 164 valence electrons. The summed E-state index contributed by atoms with van der Waals surface area (Å²) >= 11 is 0. The number of fused-ring (bicyclic) bond motifs is 2. The molecule has 3 aromatic heterocycles. The van der Waals surface area contributed by atoms with E-state index in [1.807, 2.05) is 35.4 Å². The van der Waals surface area contributed by atoms with Crippen LogP contribution in [0.2, 0.25) is 0 Å². The smallest absolute Gasteiger partial charge is 0.253 e. The van der Waals surface area contributed by atoms with E-state index in [1.165, 1.54) is 30.7 Å². The zero-order chi connectivity index (χ0) is 21.8. The summed E-state index contributed by atoms with van der Waals surface area (Å²) in [6.45, 7) is 5.72. The number of nitrogens with one attached hydrogen (secondary N) is 1. The first-order valence-corrected chi connectivity index (χ1v) is 11.8. The molecule has 6 nitrogen and oxygen atoms in total. The lowest BCUT2D eigenvalue weighted by Gasteiger charge is -2.35. The van der Waals surface area contributed by atoms with E-state index in [1.54, 1.807) is 0 Å². The molecule has 1 saturated heterocycles. The number of benzene rings is 1. The molecule has 1 amide bonds. The van der Waals surface area contributed by atoms with Gasteiger partial charge in [0.05, 0.1) is 0 Å². The Labute approximate surface area is 187 Å². The third kappa shape index (κ3) is 3.04. The van der Waals surface area contributed by atoms with Crippen molar-refractivity contribution >= 4 is 28.0 Å². The van der Waals surface area contributed by atoms with Gasteiger partial charge < -0.3 is 14.5 Å². The fourth-order valence-corrected chi connectivity index (χ4v) is 5.37. The van der Waals surface area contributed by atoms with Crippen molar-refractivity contribution in [2.45, 2.75) is 57.9 Å². The number of amides is 1. The van der Waals surface area contributed by atoms with Crippen LogP contribution in [0.5, 0.6) is 0 Å². The number of piperidine rings is 1. The predicted molar refractivity (Wildman–Crippen MR) is 126 cm³/mol. The summed E-state index contributed by atoms with van der Waals surface area (Å²) in [5, 5.41) is 1.14. The van der Waals surface area contributed by atoms with E-state index >= 15 is 0 Å². The molecule has 0 bridgehead atoms. The van der Waals surface area contributed by atoms with Crippen LogP contribution in [0.3, 0.4) is 0 Å². The van der Waals surface area contributed by atoms with E-state index in [4.69, 9.17) is 4.98 Å². The summed E-state index contributed by atoms with van der Waals surface area (Å²) in [4.78, 5) is 28.3. The van der Waals surface area contributed by atoms with Crippen LogP contribution in [-0.2, 0) is 0 Å². The number of aromatic amines is 1. The Morgan fingerprint density at radius 3 is 2.66 bits per heavy atom. The number of hydrogen-bond acceptors (Lipinski definition) is 3. The summed E-state index contributed by atoms with van der Waals surface area (Å²) < 4.78 is 2.40. The standard InChI is InChI=1S/C26H29N5O/c1-16-17(2)28-22-9-8-19(15-21(16)22)26(32)30-13-10-20(11-14-30)31-24(18-5-3-6-18)29-23-7-4-12-27-25(23)31/h4,7-9,12,15,18,20,28H,3,5-6,10-11,13-14H2,1-2H3. The van der Waals surface area contributed by atoms with E-state index in [2.05, 4.69) is 34.4 Å². The number of nitrogens with zero attached hydrogens (tertiary/aromatic N) is 4. The highest BCUT2D eigenvalue weighted by atomic mass is 16.2. The second-order valence-electron chi connectivity index (χ2n) is 9.47. The lowest BCUT2D eigenvalue weighted by atomic mass is 9.84. The lowest BCUT2D eigenvalue weighted by molar-refractivity contribution is 0.0694. The number of aryl methyl sites for hydroxylation is 2. The van der Waals surface area contributed by atoms with E-state index in [-0.39, 0.29) is 5.91 Å². The average molecular weight is 428 g/mol. The Bertz CT molecular complexity index is 1320. The number of carbonyl (C=O) groups is 1. The van der Waals surface area contributed by atoms with Crippen LogP contribution in [-0.4, -0.2) is 43.4 Å². The van der Waals surface area contributed by atoms with Crippen molar-refractivity contribution < 1.29 is 4.79 Å². The van der Waals surface area contributed by atoms with Crippen molar-refractivity contribution in [2.75, 3.05) is 13.1 Å². The monoisotopic (exact) mass is 427 g/mol. The first-order chi connectivity index (χ1) is 15.6. The number of rotatable bonds is 3. The van der Waals surface area contributed by atoms with Gasteiger partial charge in [-0.3, -0.25) is 4.79 Å². The number of carbonyl (C=O) groups excluding carboxylic acids is 1. The highest BCUT2D eigenvalue weighted by Gasteiger charge is 2.32. The maximum atomic E-state index is 13.3. The van der Waals surface area contributed by atoms with Crippen molar-refractivity contribution in [1.82, 2.24) is 24.4 Å². The van der Waals surface area contributed by atoms with Gasteiger partial charge in [-0.1, -0.05) is 6.42 Å². The highest BCUT2D eigenvalue weighted by Crippen LogP contribution is 2.40. The Balaban J connectivity index is 1.24. The Morgan fingerprint density at radius 1 is 1.09 bits per heavy atom. The van der Waals surface area contributed by atoms with Crippen molar-refractivity contribution in [3.8, 4) is 0 Å². The van der Waals surface area contributed by atoms with Crippen molar-refractivity contribution in [3.05, 3.63) is 59.2 Å². The molecule has 1 N–H and O–H groups in total. The minimum Gasteiger partial charge on any atom is -0.358 e. The van der Waals surface area contributed by atoms with Crippen molar-refractivity contribution in [1.29, 1.82) is 0 Å². The predicted octanol–water partition coefficient (Wildman–Crippen LogP) is 5.27. The third-order valence-corrected chi connectivity index (χ3v) is 7.62. The highest BCUT2D eigenvalue weighted by molar-refractivity contribution is 5.99. The number of pyridine rings is 1. The number of H-pyrrole nitrogens is 1. The van der Waals surface area contributed by atoms with Crippen LogP contribution in [0.25, 0.3) is 22.1 Å². The molecule has 0 radical (unpaired) electrons. The van der Waals surface area contributed by atoms with Crippen molar-refractivity contribution in [3.63, 3.8) is 0 Å². The second-order valence-corrected chi connectivity index (χ2v) is 9.47. The van der Waals surface area contributed by atoms with Crippen molar-refractivity contribution in [2.24, 2.45) is 0 Å². The molecule has 2 fully saturated rings. The second kappa shape index (κ2) is 7.47. The minimum absolute atomic E-state index is 0.136. The molecular formula is C26H29N5O. The Morgan fingerprint density at radius 2 is 1.91 bits per heavy atom. The summed E-state index contributed by atoms with van der Waals surface area (Å²) in [5.41, 5.74) is 6.26. The van der Waals surface area contributed by atoms with Gasteiger partial charge in [0.1, 0.15) is 11.3 Å². The molecule has 6 rings (SSSR count).